The summed E-state index contributed by atoms with van der Waals surface area (Å²) in [6, 6.07) is 6.03. The summed E-state index contributed by atoms with van der Waals surface area (Å²) in [6.07, 6.45) is 5.53. The smallest absolute Gasteiger partial charge is 0.234 e. The average molecular weight is 343 g/mol. The minimum absolute atomic E-state index is 0.102. The highest BCUT2D eigenvalue weighted by atomic mass is 35.5. The van der Waals surface area contributed by atoms with Gasteiger partial charge in [-0.15, -0.1) is 0 Å². The number of piperidine rings is 1. The quantitative estimate of drug-likeness (QED) is 0.849. The first-order chi connectivity index (χ1) is 10.6. The van der Waals surface area contributed by atoms with Crippen LogP contribution in [-0.4, -0.2) is 36.5 Å². The molecule has 1 amide bonds. The largest absolute Gasteiger partial charge is 0.355 e. The van der Waals surface area contributed by atoms with Gasteiger partial charge >= 0.3 is 0 Å². The number of carbonyl (C=O) groups is 1. The summed E-state index contributed by atoms with van der Waals surface area (Å²) in [7, 11) is 0. The van der Waals surface area contributed by atoms with Crippen LogP contribution < -0.4 is 5.32 Å². The van der Waals surface area contributed by atoms with Gasteiger partial charge in [0.2, 0.25) is 5.91 Å². The molecule has 0 aromatic heterocycles. The summed E-state index contributed by atoms with van der Waals surface area (Å²) in [6.45, 7) is 4.34. The molecule has 0 radical (unpaired) electrons. The minimum Gasteiger partial charge on any atom is -0.355 e. The molecular formula is C17H24Cl2N2O. The summed E-state index contributed by atoms with van der Waals surface area (Å²) in [5, 5.41) is 4.28. The number of halogens is 2. The maximum absolute atomic E-state index is 12.1. The summed E-state index contributed by atoms with van der Waals surface area (Å²) in [5.74, 6) is 0.102. The zero-order valence-corrected chi connectivity index (χ0v) is 14.6. The van der Waals surface area contributed by atoms with E-state index in [1.807, 2.05) is 12.1 Å². The molecule has 1 aromatic carbocycles. The Balaban J connectivity index is 1.75. The summed E-state index contributed by atoms with van der Waals surface area (Å²) in [4.78, 5) is 14.4. The first-order valence-electron chi connectivity index (χ1n) is 8.05. The van der Waals surface area contributed by atoms with Crippen molar-refractivity contribution in [1.82, 2.24) is 10.2 Å². The van der Waals surface area contributed by atoms with Crippen molar-refractivity contribution in [3.8, 4) is 0 Å². The van der Waals surface area contributed by atoms with E-state index in [2.05, 4.69) is 17.1 Å². The van der Waals surface area contributed by atoms with E-state index < -0.39 is 0 Å². The Morgan fingerprint density at radius 2 is 2.18 bits per heavy atom. The van der Waals surface area contributed by atoms with Gasteiger partial charge in [0, 0.05) is 22.6 Å². The third kappa shape index (κ3) is 5.15. The van der Waals surface area contributed by atoms with Crippen LogP contribution in [0.15, 0.2) is 18.2 Å². The van der Waals surface area contributed by atoms with Gasteiger partial charge in [0.25, 0.3) is 0 Å². The second-order valence-corrected chi connectivity index (χ2v) is 6.71. The Bertz CT molecular complexity index is 507. The first kappa shape index (κ1) is 17.6. The van der Waals surface area contributed by atoms with Crippen molar-refractivity contribution in [2.24, 2.45) is 0 Å². The molecule has 0 spiro atoms. The molecule has 1 aliphatic heterocycles. The van der Waals surface area contributed by atoms with Crippen LogP contribution in [0.5, 0.6) is 0 Å². The molecule has 0 saturated carbocycles. The van der Waals surface area contributed by atoms with Gasteiger partial charge in [-0.2, -0.15) is 0 Å². The SMILES string of the molecule is CCC1CCCCN1CC(=O)NCCc1ccc(Cl)cc1Cl. The van der Waals surface area contributed by atoms with Crippen LogP contribution >= 0.6 is 23.2 Å². The van der Waals surface area contributed by atoms with Crippen LogP contribution in [0.4, 0.5) is 0 Å². The number of hydrogen-bond donors (Lipinski definition) is 1. The number of hydrogen-bond acceptors (Lipinski definition) is 2. The van der Waals surface area contributed by atoms with E-state index in [4.69, 9.17) is 23.2 Å². The van der Waals surface area contributed by atoms with Crippen LogP contribution in [0.3, 0.4) is 0 Å². The standard InChI is InChI=1S/C17H24Cl2N2O/c1-2-15-5-3-4-10-21(15)12-17(22)20-9-8-13-6-7-14(18)11-16(13)19/h6-7,11,15H,2-5,8-10,12H2,1H3,(H,20,22). The number of carbonyl (C=O) groups excluding carboxylic acids is 1. The average Bonchev–Trinajstić information content (AvgIpc) is 2.50. The zero-order chi connectivity index (χ0) is 15.9. The lowest BCUT2D eigenvalue weighted by atomic mass is 10.00. The molecule has 0 aliphatic carbocycles. The lowest BCUT2D eigenvalue weighted by Crippen LogP contribution is -2.45. The summed E-state index contributed by atoms with van der Waals surface area (Å²) >= 11 is 12.0. The normalized spacial score (nSPS) is 19.1. The number of rotatable bonds is 6. The van der Waals surface area contributed by atoms with Crippen LogP contribution in [0.1, 0.15) is 38.2 Å². The molecule has 1 heterocycles. The van der Waals surface area contributed by atoms with Crippen molar-refractivity contribution in [3.63, 3.8) is 0 Å². The molecule has 1 atom stereocenters. The second-order valence-electron chi connectivity index (χ2n) is 5.86. The molecule has 1 aromatic rings. The minimum atomic E-state index is 0.102. The fraction of sp³-hybridized carbons (Fsp3) is 0.588. The molecule has 2 rings (SSSR count). The van der Waals surface area contributed by atoms with Crippen molar-refractivity contribution in [1.29, 1.82) is 0 Å². The number of nitrogens with zero attached hydrogens (tertiary/aromatic N) is 1. The molecule has 22 heavy (non-hydrogen) atoms. The Hall–Kier alpha value is -0.770. The van der Waals surface area contributed by atoms with Gasteiger partial charge in [0.05, 0.1) is 6.54 Å². The number of nitrogens with one attached hydrogen (secondary N) is 1. The predicted octanol–water partition coefficient (Wildman–Crippen LogP) is 3.92. The maximum atomic E-state index is 12.1. The number of amides is 1. The third-order valence-corrected chi connectivity index (χ3v) is 4.89. The van der Waals surface area contributed by atoms with Crippen molar-refractivity contribution in [2.75, 3.05) is 19.6 Å². The highest BCUT2D eigenvalue weighted by molar-refractivity contribution is 6.35. The Labute approximate surface area is 143 Å². The molecule has 122 valence electrons. The lowest BCUT2D eigenvalue weighted by Gasteiger charge is -2.34. The predicted molar refractivity (Wildman–Crippen MR) is 92.7 cm³/mol. The van der Waals surface area contributed by atoms with Crippen molar-refractivity contribution in [2.45, 2.75) is 45.1 Å². The van der Waals surface area contributed by atoms with E-state index in [1.54, 1.807) is 6.07 Å². The Morgan fingerprint density at radius 1 is 1.36 bits per heavy atom. The molecule has 0 bridgehead atoms. The zero-order valence-electron chi connectivity index (χ0n) is 13.1. The molecule has 1 fully saturated rings. The van der Waals surface area contributed by atoms with Crippen LogP contribution in [0.25, 0.3) is 0 Å². The highest BCUT2D eigenvalue weighted by Crippen LogP contribution is 2.21. The van der Waals surface area contributed by atoms with Crippen LogP contribution in [0.2, 0.25) is 10.0 Å². The highest BCUT2D eigenvalue weighted by Gasteiger charge is 2.22. The van der Waals surface area contributed by atoms with Crippen molar-refractivity contribution < 1.29 is 4.79 Å². The summed E-state index contributed by atoms with van der Waals surface area (Å²) < 4.78 is 0. The van der Waals surface area contributed by atoms with Gasteiger partial charge in [0.15, 0.2) is 0 Å². The van der Waals surface area contributed by atoms with Crippen molar-refractivity contribution in [3.05, 3.63) is 33.8 Å². The van der Waals surface area contributed by atoms with Gasteiger partial charge in [0.1, 0.15) is 0 Å². The molecule has 1 unspecified atom stereocenters. The maximum Gasteiger partial charge on any atom is 0.234 e. The lowest BCUT2D eigenvalue weighted by molar-refractivity contribution is -0.123. The van der Waals surface area contributed by atoms with E-state index in [-0.39, 0.29) is 5.91 Å². The molecular weight excluding hydrogens is 319 g/mol. The van der Waals surface area contributed by atoms with Crippen LogP contribution in [0, 0.1) is 0 Å². The van der Waals surface area contributed by atoms with Crippen molar-refractivity contribution >= 4 is 29.1 Å². The summed E-state index contributed by atoms with van der Waals surface area (Å²) in [5.41, 5.74) is 1.01. The van der Waals surface area contributed by atoms with E-state index >= 15 is 0 Å². The van der Waals surface area contributed by atoms with Gasteiger partial charge in [-0.05, 0) is 49.9 Å². The number of likely N-dealkylation sites (tertiary alicyclic amines) is 1. The molecule has 3 nitrogen and oxygen atoms in total. The van der Waals surface area contributed by atoms with E-state index in [0.29, 0.717) is 29.2 Å². The molecule has 5 heteroatoms. The van der Waals surface area contributed by atoms with Gasteiger partial charge < -0.3 is 5.32 Å². The molecule has 1 aliphatic rings. The fourth-order valence-corrected chi connectivity index (χ4v) is 3.53. The topological polar surface area (TPSA) is 32.3 Å². The number of benzene rings is 1. The third-order valence-electron chi connectivity index (χ3n) is 4.30. The van der Waals surface area contributed by atoms with E-state index in [0.717, 1.165) is 24.9 Å². The monoisotopic (exact) mass is 342 g/mol. The fourth-order valence-electron chi connectivity index (χ4n) is 3.03. The Morgan fingerprint density at radius 3 is 2.91 bits per heavy atom. The van der Waals surface area contributed by atoms with Gasteiger partial charge in [-0.25, -0.2) is 0 Å². The molecule has 1 N–H and O–H groups in total. The van der Waals surface area contributed by atoms with E-state index in [1.165, 1.54) is 19.3 Å². The van der Waals surface area contributed by atoms with Gasteiger partial charge in [-0.3, -0.25) is 9.69 Å². The van der Waals surface area contributed by atoms with Gasteiger partial charge in [-0.1, -0.05) is 42.6 Å². The Kier molecular flexibility index (Phi) is 7.00. The van der Waals surface area contributed by atoms with Crippen LogP contribution in [-0.2, 0) is 11.2 Å². The molecule has 1 saturated heterocycles. The first-order valence-corrected chi connectivity index (χ1v) is 8.80. The van der Waals surface area contributed by atoms with E-state index in [9.17, 15) is 4.79 Å². The second kappa shape index (κ2) is 8.76.